The summed E-state index contributed by atoms with van der Waals surface area (Å²) in [5, 5.41) is 3.19. The minimum Gasteiger partial charge on any atom is -0.0616 e. The van der Waals surface area contributed by atoms with Gasteiger partial charge in [-0.3, -0.25) is 0 Å². The normalized spacial score (nSPS) is 15.5. The molecule has 0 spiro atoms. The first kappa shape index (κ1) is 11.2. The van der Waals surface area contributed by atoms with Crippen LogP contribution in [0.15, 0.2) is 40.9 Å². The van der Waals surface area contributed by atoms with Crippen LogP contribution in [0.2, 0.25) is 13.1 Å². The molecule has 0 radical (unpaired) electrons. The molecule has 0 aromatic heterocycles. The second-order valence-electron chi connectivity index (χ2n) is 5.31. The molecule has 0 bridgehead atoms. The third-order valence-electron chi connectivity index (χ3n) is 3.84. The third-order valence-corrected chi connectivity index (χ3v) is 8.03. The number of hydrogen-bond donors (Lipinski definition) is 0. The van der Waals surface area contributed by atoms with Crippen LogP contribution in [0.5, 0.6) is 0 Å². The van der Waals surface area contributed by atoms with Gasteiger partial charge in [0, 0.05) is 4.47 Å². The maximum absolute atomic E-state index is 3.59. The summed E-state index contributed by atoms with van der Waals surface area (Å²) in [7, 11) is -1.47. The van der Waals surface area contributed by atoms with Crippen molar-refractivity contribution in [2.24, 2.45) is 0 Å². The lowest BCUT2D eigenvalue weighted by atomic mass is 10.0. The Hall–Kier alpha value is -0.863. The predicted octanol–water partition coefficient (Wildman–Crippen LogP) is 3.56. The largest absolute Gasteiger partial charge is 0.114 e. The van der Waals surface area contributed by atoms with Gasteiger partial charge in [-0.05, 0) is 40.6 Å². The summed E-state index contributed by atoms with van der Waals surface area (Å²) in [6, 6.07) is 13.5. The summed E-state index contributed by atoms with van der Waals surface area (Å²) in [6.07, 6.45) is 0. The van der Waals surface area contributed by atoms with Crippen LogP contribution in [0.25, 0.3) is 11.1 Å². The zero-order chi connectivity index (χ0) is 12.2. The standard InChI is InChI=1S/C15H15BrSi/c1-10-5-4-6-12-13-9-11(16)7-8-14(13)17(2,3)15(10)12/h4-9H,1-3H3. The fraction of sp³-hybridized carbons (Fsp3) is 0.200. The maximum Gasteiger partial charge on any atom is 0.114 e. The van der Waals surface area contributed by atoms with Crippen LogP contribution in [0, 0.1) is 6.92 Å². The van der Waals surface area contributed by atoms with Crippen LogP contribution in [0.4, 0.5) is 0 Å². The van der Waals surface area contributed by atoms with Gasteiger partial charge in [0.2, 0.25) is 0 Å². The maximum atomic E-state index is 3.59. The van der Waals surface area contributed by atoms with Gasteiger partial charge in [0.05, 0.1) is 0 Å². The van der Waals surface area contributed by atoms with Crippen LogP contribution in [0.1, 0.15) is 5.56 Å². The molecular formula is C15H15BrSi. The van der Waals surface area contributed by atoms with E-state index in [4.69, 9.17) is 0 Å². The predicted molar refractivity (Wildman–Crippen MR) is 81.1 cm³/mol. The molecule has 0 atom stereocenters. The van der Waals surface area contributed by atoms with Crippen molar-refractivity contribution in [1.82, 2.24) is 0 Å². The lowest BCUT2D eigenvalue weighted by Gasteiger charge is -2.20. The van der Waals surface area contributed by atoms with E-state index in [1.54, 1.807) is 10.4 Å². The fourth-order valence-electron chi connectivity index (χ4n) is 3.14. The topological polar surface area (TPSA) is 0 Å². The number of fused-ring (bicyclic) bond motifs is 3. The van der Waals surface area contributed by atoms with E-state index in [0.717, 1.165) is 0 Å². The van der Waals surface area contributed by atoms with Crippen molar-refractivity contribution in [3.8, 4) is 11.1 Å². The third kappa shape index (κ3) is 1.47. The zero-order valence-electron chi connectivity index (χ0n) is 10.3. The van der Waals surface area contributed by atoms with E-state index in [-0.39, 0.29) is 0 Å². The second kappa shape index (κ2) is 3.56. The smallest absolute Gasteiger partial charge is 0.0616 e. The van der Waals surface area contributed by atoms with E-state index in [0.29, 0.717) is 0 Å². The van der Waals surface area contributed by atoms with Gasteiger partial charge >= 0.3 is 0 Å². The fourth-order valence-corrected chi connectivity index (χ4v) is 7.11. The van der Waals surface area contributed by atoms with Crippen molar-refractivity contribution in [1.29, 1.82) is 0 Å². The highest BCUT2D eigenvalue weighted by atomic mass is 79.9. The van der Waals surface area contributed by atoms with E-state index >= 15 is 0 Å². The Labute approximate surface area is 112 Å². The summed E-state index contributed by atoms with van der Waals surface area (Å²) in [5.41, 5.74) is 4.35. The molecule has 1 heterocycles. The molecule has 1 aliphatic heterocycles. The number of benzene rings is 2. The van der Waals surface area contributed by atoms with Gasteiger partial charge in [0.1, 0.15) is 8.07 Å². The van der Waals surface area contributed by atoms with Crippen LogP contribution < -0.4 is 10.4 Å². The highest BCUT2D eigenvalue weighted by Crippen LogP contribution is 2.31. The van der Waals surface area contributed by atoms with Crippen molar-refractivity contribution in [2.45, 2.75) is 20.0 Å². The first-order chi connectivity index (χ1) is 8.01. The second-order valence-corrected chi connectivity index (χ2v) is 10.5. The highest BCUT2D eigenvalue weighted by Gasteiger charge is 2.38. The minimum atomic E-state index is -1.47. The molecule has 0 aliphatic carbocycles. The molecule has 0 saturated carbocycles. The van der Waals surface area contributed by atoms with Crippen LogP contribution in [0.3, 0.4) is 0 Å². The molecule has 2 heteroatoms. The summed E-state index contributed by atoms with van der Waals surface area (Å²) in [4.78, 5) is 0. The van der Waals surface area contributed by atoms with Gasteiger partial charge < -0.3 is 0 Å². The molecular weight excluding hydrogens is 288 g/mol. The van der Waals surface area contributed by atoms with E-state index < -0.39 is 8.07 Å². The molecule has 0 unspecified atom stereocenters. The van der Waals surface area contributed by atoms with Gasteiger partial charge in [-0.1, -0.05) is 58.9 Å². The Bertz CT molecular complexity index is 614. The van der Waals surface area contributed by atoms with Gasteiger partial charge in [-0.15, -0.1) is 0 Å². The summed E-state index contributed by atoms with van der Waals surface area (Å²) in [5.74, 6) is 0. The molecule has 86 valence electrons. The van der Waals surface area contributed by atoms with E-state index in [1.807, 2.05) is 0 Å². The Morgan fingerprint density at radius 3 is 2.53 bits per heavy atom. The molecule has 0 amide bonds. The molecule has 0 saturated heterocycles. The summed E-state index contributed by atoms with van der Waals surface area (Å²) >= 11 is 3.59. The van der Waals surface area contributed by atoms with Crippen molar-refractivity contribution < 1.29 is 0 Å². The monoisotopic (exact) mass is 302 g/mol. The van der Waals surface area contributed by atoms with Gasteiger partial charge in [0.15, 0.2) is 0 Å². The van der Waals surface area contributed by atoms with Crippen LogP contribution in [-0.2, 0) is 0 Å². The molecule has 0 nitrogen and oxygen atoms in total. The molecule has 3 rings (SSSR count). The van der Waals surface area contributed by atoms with Gasteiger partial charge in [-0.2, -0.15) is 0 Å². The summed E-state index contributed by atoms with van der Waals surface area (Å²) < 4.78 is 1.18. The number of halogens is 1. The van der Waals surface area contributed by atoms with E-state index in [2.05, 4.69) is 72.3 Å². The minimum absolute atomic E-state index is 1.18. The zero-order valence-corrected chi connectivity index (χ0v) is 12.9. The SMILES string of the molecule is Cc1cccc2c1[Si](C)(C)c1ccc(Br)cc1-2. The quantitative estimate of drug-likeness (QED) is 0.653. The summed E-state index contributed by atoms with van der Waals surface area (Å²) in [6.45, 7) is 7.16. The first-order valence-electron chi connectivity index (χ1n) is 5.92. The van der Waals surface area contributed by atoms with Crippen molar-refractivity contribution >= 4 is 34.4 Å². The lowest BCUT2D eigenvalue weighted by Crippen LogP contribution is -2.50. The average Bonchev–Trinajstić information content (AvgIpc) is 2.49. The Morgan fingerprint density at radius 2 is 1.76 bits per heavy atom. The Kier molecular flexibility index (Phi) is 2.36. The van der Waals surface area contributed by atoms with Crippen molar-refractivity contribution in [3.05, 3.63) is 46.4 Å². The Balaban J connectivity index is 2.43. The molecule has 17 heavy (non-hydrogen) atoms. The number of aryl methyl sites for hydroxylation is 1. The lowest BCUT2D eigenvalue weighted by molar-refractivity contribution is 1.51. The highest BCUT2D eigenvalue weighted by molar-refractivity contribution is 9.10. The molecule has 2 aromatic carbocycles. The Morgan fingerprint density at radius 1 is 1.00 bits per heavy atom. The number of rotatable bonds is 0. The molecule has 1 aliphatic rings. The van der Waals surface area contributed by atoms with Crippen molar-refractivity contribution in [3.63, 3.8) is 0 Å². The first-order valence-corrected chi connectivity index (χ1v) is 9.71. The molecule has 2 aromatic rings. The van der Waals surface area contributed by atoms with Gasteiger partial charge in [0.25, 0.3) is 0 Å². The molecule has 0 N–H and O–H groups in total. The molecule has 0 fully saturated rings. The average molecular weight is 303 g/mol. The van der Waals surface area contributed by atoms with E-state index in [1.165, 1.54) is 21.2 Å². The van der Waals surface area contributed by atoms with Crippen LogP contribution in [-0.4, -0.2) is 8.07 Å². The van der Waals surface area contributed by atoms with Gasteiger partial charge in [-0.25, -0.2) is 0 Å². The van der Waals surface area contributed by atoms with Crippen LogP contribution >= 0.6 is 15.9 Å². The number of hydrogen-bond acceptors (Lipinski definition) is 0. The van der Waals surface area contributed by atoms with Crippen molar-refractivity contribution in [2.75, 3.05) is 0 Å². The van der Waals surface area contributed by atoms with E-state index in [9.17, 15) is 0 Å².